The van der Waals surface area contributed by atoms with Crippen LogP contribution in [0.15, 0.2) is 27.7 Å². The highest BCUT2D eigenvalue weighted by atomic mass is 127. The Bertz CT molecular complexity index is 748. The molecule has 0 unspecified atom stereocenters. The van der Waals surface area contributed by atoms with Crippen molar-refractivity contribution in [3.05, 3.63) is 41.0 Å². The van der Waals surface area contributed by atoms with Crippen molar-refractivity contribution in [2.24, 2.45) is 4.99 Å². The van der Waals surface area contributed by atoms with Crippen LogP contribution in [-0.4, -0.2) is 35.8 Å². The maximum atomic E-state index is 6.02. The minimum Gasteiger partial charge on any atom is -0.493 e. The van der Waals surface area contributed by atoms with E-state index in [1.165, 1.54) is 18.4 Å². The Labute approximate surface area is 191 Å². The minimum atomic E-state index is 0. The van der Waals surface area contributed by atoms with E-state index in [1.54, 1.807) is 0 Å². The summed E-state index contributed by atoms with van der Waals surface area (Å²) in [5, 5.41) is 10.4. The van der Waals surface area contributed by atoms with Gasteiger partial charge in [-0.1, -0.05) is 37.1 Å². The second-order valence-corrected chi connectivity index (χ2v) is 6.77. The van der Waals surface area contributed by atoms with Gasteiger partial charge >= 0.3 is 0 Å². The van der Waals surface area contributed by atoms with Crippen LogP contribution in [0.2, 0.25) is 0 Å². The van der Waals surface area contributed by atoms with Gasteiger partial charge in [0.2, 0.25) is 5.89 Å². The second-order valence-electron chi connectivity index (χ2n) is 6.77. The van der Waals surface area contributed by atoms with Crippen LogP contribution in [0, 0.1) is 13.8 Å². The average Bonchev–Trinajstić information content (AvgIpc) is 3.09. The van der Waals surface area contributed by atoms with Crippen molar-refractivity contribution >= 4 is 29.9 Å². The van der Waals surface area contributed by atoms with Gasteiger partial charge in [-0.15, -0.1) is 24.0 Å². The molecule has 0 fully saturated rings. The molecule has 162 valence electrons. The summed E-state index contributed by atoms with van der Waals surface area (Å²) < 4.78 is 11.2. The third kappa shape index (κ3) is 9.47. The lowest BCUT2D eigenvalue weighted by Crippen LogP contribution is -2.38. The standard InChI is InChI=1S/C21H33N5O2.HI/c1-5-7-8-13-27-19-14-16(3)9-10-18(19)15-24-21(22-6-2)23-12-11-20-25-17(4)26-28-20;/h9-10,14H,5-8,11-13,15H2,1-4H3,(H2,22,23,24);1H. The minimum absolute atomic E-state index is 0. The molecule has 1 heterocycles. The summed E-state index contributed by atoms with van der Waals surface area (Å²) >= 11 is 0. The van der Waals surface area contributed by atoms with Crippen LogP contribution in [0.1, 0.15) is 56.0 Å². The summed E-state index contributed by atoms with van der Waals surface area (Å²) in [5.41, 5.74) is 2.28. The molecular formula is C21H34IN5O2. The highest BCUT2D eigenvalue weighted by Crippen LogP contribution is 2.21. The number of unbranched alkanes of at least 4 members (excludes halogenated alkanes) is 2. The lowest BCUT2D eigenvalue weighted by Gasteiger charge is -2.13. The first kappa shape index (κ1) is 25.2. The molecule has 0 aliphatic rings. The smallest absolute Gasteiger partial charge is 0.228 e. The normalized spacial score (nSPS) is 11.1. The van der Waals surface area contributed by atoms with Gasteiger partial charge < -0.3 is 19.9 Å². The van der Waals surface area contributed by atoms with Crippen molar-refractivity contribution in [1.29, 1.82) is 0 Å². The number of ether oxygens (including phenoxy) is 1. The van der Waals surface area contributed by atoms with Crippen LogP contribution in [0.5, 0.6) is 5.75 Å². The topological polar surface area (TPSA) is 84.6 Å². The van der Waals surface area contributed by atoms with Crippen LogP contribution in [0.3, 0.4) is 0 Å². The molecule has 0 spiro atoms. The van der Waals surface area contributed by atoms with Gasteiger partial charge in [-0.25, -0.2) is 4.99 Å². The van der Waals surface area contributed by atoms with Gasteiger partial charge in [0.25, 0.3) is 0 Å². The molecule has 7 nitrogen and oxygen atoms in total. The number of hydrogen-bond donors (Lipinski definition) is 2. The van der Waals surface area contributed by atoms with Crippen molar-refractivity contribution in [1.82, 2.24) is 20.8 Å². The predicted octanol–water partition coefficient (Wildman–Crippen LogP) is 4.17. The summed E-state index contributed by atoms with van der Waals surface area (Å²) in [6.45, 7) is 10.9. The molecule has 0 saturated heterocycles. The van der Waals surface area contributed by atoms with Crippen LogP contribution in [-0.2, 0) is 13.0 Å². The van der Waals surface area contributed by atoms with Crippen molar-refractivity contribution in [3.63, 3.8) is 0 Å². The first-order valence-electron chi connectivity index (χ1n) is 10.2. The fraction of sp³-hybridized carbons (Fsp3) is 0.571. The maximum Gasteiger partial charge on any atom is 0.228 e. The summed E-state index contributed by atoms with van der Waals surface area (Å²) in [4.78, 5) is 8.92. The van der Waals surface area contributed by atoms with Crippen molar-refractivity contribution in [3.8, 4) is 5.75 Å². The molecule has 0 amide bonds. The van der Waals surface area contributed by atoms with Crippen molar-refractivity contribution in [2.75, 3.05) is 19.7 Å². The Balaban J connectivity index is 0.00000420. The molecule has 8 heteroatoms. The Morgan fingerprint density at radius 1 is 1.17 bits per heavy atom. The van der Waals surface area contributed by atoms with Gasteiger partial charge in [-0.2, -0.15) is 4.98 Å². The van der Waals surface area contributed by atoms with Crippen LogP contribution >= 0.6 is 24.0 Å². The van der Waals surface area contributed by atoms with Gasteiger partial charge in [0.15, 0.2) is 11.8 Å². The van der Waals surface area contributed by atoms with E-state index >= 15 is 0 Å². The number of hydrogen-bond acceptors (Lipinski definition) is 5. The molecule has 0 radical (unpaired) electrons. The third-order valence-corrected chi connectivity index (χ3v) is 4.18. The number of nitrogens with one attached hydrogen (secondary N) is 2. The zero-order valence-electron chi connectivity index (χ0n) is 18.0. The summed E-state index contributed by atoms with van der Waals surface area (Å²) in [7, 11) is 0. The number of rotatable bonds is 11. The Hall–Kier alpha value is -1.84. The van der Waals surface area contributed by atoms with Crippen LogP contribution in [0.25, 0.3) is 0 Å². The lowest BCUT2D eigenvalue weighted by atomic mass is 10.1. The molecule has 1 aromatic heterocycles. The number of aryl methyl sites for hydroxylation is 2. The maximum absolute atomic E-state index is 6.02. The Morgan fingerprint density at radius 3 is 2.69 bits per heavy atom. The van der Waals surface area contributed by atoms with Crippen molar-refractivity contribution in [2.45, 2.75) is 59.9 Å². The van der Waals surface area contributed by atoms with Gasteiger partial charge in [0, 0.05) is 25.1 Å². The summed E-state index contributed by atoms with van der Waals surface area (Å²) in [6.07, 6.45) is 4.11. The zero-order chi connectivity index (χ0) is 20.2. The highest BCUT2D eigenvalue weighted by Gasteiger charge is 2.06. The SMILES string of the molecule is CCCCCOc1cc(C)ccc1CN=C(NCC)NCCc1nc(C)no1.I. The zero-order valence-corrected chi connectivity index (χ0v) is 20.3. The number of nitrogens with zero attached hydrogens (tertiary/aromatic N) is 3. The highest BCUT2D eigenvalue weighted by molar-refractivity contribution is 14.0. The van der Waals surface area contributed by atoms with E-state index in [9.17, 15) is 0 Å². The third-order valence-electron chi connectivity index (χ3n) is 4.18. The fourth-order valence-electron chi connectivity index (χ4n) is 2.70. The monoisotopic (exact) mass is 515 g/mol. The summed E-state index contributed by atoms with van der Waals surface area (Å²) in [6, 6.07) is 6.29. The van der Waals surface area contributed by atoms with Crippen LogP contribution in [0.4, 0.5) is 0 Å². The number of aromatic nitrogens is 2. The number of aliphatic imine (C=N–C) groups is 1. The predicted molar refractivity (Wildman–Crippen MR) is 127 cm³/mol. The lowest BCUT2D eigenvalue weighted by molar-refractivity contribution is 0.303. The van der Waals surface area contributed by atoms with E-state index in [0.717, 1.165) is 36.8 Å². The van der Waals surface area contributed by atoms with Crippen molar-refractivity contribution < 1.29 is 9.26 Å². The quantitative estimate of drug-likeness (QED) is 0.202. The Kier molecular flexibility index (Phi) is 12.3. The number of halogens is 1. The largest absolute Gasteiger partial charge is 0.493 e. The summed E-state index contributed by atoms with van der Waals surface area (Å²) in [5.74, 6) is 2.97. The molecule has 2 aromatic rings. The average molecular weight is 515 g/mol. The second kappa shape index (κ2) is 14.2. The van der Waals surface area contributed by atoms with E-state index in [0.29, 0.717) is 31.2 Å². The molecule has 0 saturated carbocycles. The van der Waals surface area contributed by atoms with E-state index in [1.807, 2.05) is 13.8 Å². The van der Waals surface area contributed by atoms with Crippen LogP contribution < -0.4 is 15.4 Å². The van der Waals surface area contributed by atoms with Gasteiger partial charge in [-0.3, -0.25) is 0 Å². The first-order chi connectivity index (χ1) is 13.6. The molecule has 0 aliphatic heterocycles. The van der Waals surface area contributed by atoms with Gasteiger partial charge in [0.1, 0.15) is 5.75 Å². The molecule has 0 bridgehead atoms. The van der Waals surface area contributed by atoms with Gasteiger partial charge in [-0.05, 0) is 38.8 Å². The van der Waals surface area contributed by atoms with E-state index in [2.05, 4.69) is 52.8 Å². The molecule has 2 rings (SSSR count). The van der Waals surface area contributed by atoms with E-state index < -0.39 is 0 Å². The number of guanidine groups is 1. The Morgan fingerprint density at radius 2 is 2.00 bits per heavy atom. The molecule has 1 aromatic carbocycles. The molecule has 0 aliphatic carbocycles. The molecular weight excluding hydrogens is 481 g/mol. The molecule has 0 atom stereocenters. The van der Waals surface area contributed by atoms with Gasteiger partial charge in [0.05, 0.1) is 13.2 Å². The fourth-order valence-corrected chi connectivity index (χ4v) is 2.70. The first-order valence-corrected chi connectivity index (χ1v) is 10.2. The number of benzene rings is 1. The van der Waals surface area contributed by atoms with E-state index in [-0.39, 0.29) is 24.0 Å². The van der Waals surface area contributed by atoms with E-state index in [4.69, 9.17) is 14.3 Å². The molecule has 2 N–H and O–H groups in total. The molecule has 29 heavy (non-hydrogen) atoms.